The number of unbranched alkanes of at least 4 members (excludes halogenated alkanes) is 32. The third kappa shape index (κ3) is 42.3. The molecule has 0 saturated carbocycles. The van der Waals surface area contributed by atoms with Gasteiger partial charge in [-0.2, -0.15) is 0 Å². The highest BCUT2D eigenvalue weighted by Crippen LogP contribution is 2.26. The molecule has 3 nitrogen and oxygen atoms in total. The Morgan fingerprint density at radius 2 is 0.803 bits per heavy atom. The molecule has 0 radical (unpaired) electrons. The summed E-state index contributed by atoms with van der Waals surface area (Å²) < 4.78 is 4.94. The smallest absolute Gasteiger partial charge is 0.253 e. The van der Waals surface area contributed by atoms with Gasteiger partial charge in [-0.15, -0.1) is 0 Å². The van der Waals surface area contributed by atoms with Crippen molar-refractivity contribution in [1.29, 1.82) is 0 Å². The summed E-state index contributed by atoms with van der Waals surface area (Å²) in [6.45, 7) is 19.9. The van der Waals surface area contributed by atoms with E-state index in [0.29, 0.717) is 6.04 Å². The third-order valence-corrected chi connectivity index (χ3v) is 15.6. The number of nitrogens with zero attached hydrogens (tertiary/aromatic N) is 2. The maximum atomic E-state index is 4.11. The Bertz CT molecular complexity index is 1030. The molecule has 0 amide bonds. The second-order valence-electron chi connectivity index (χ2n) is 22.6. The van der Waals surface area contributed by atoms with Gasteiger partial charge in [0.1, 0.15) is 18.9 Å². The summed E-state index contributed by atoms with van der Waals surface area (Å²) in [5, 5.41) is 4.11. The highest BCUT2D eigenvalue weighted by Gasteiger charge is 2.16. The lowest BCUT2D eigenvalue weighted by Gasteiger charge is -2.22. The summed E-state index contributed by atoms with van der Waals surface area (Å²) in [4.78, 5) is 0. The van der Waals surface area contributed by atoms with E-state index in [-0.39, 0.29) is 12.4 Å². The minimum Gasteiger partial charge on any atom is -1.00 e. The van der Waals surface area contributed by atoms with Crippen LogP contribution in [0.15, 0.2) is 12.4 Å². The van der Waals surface area contributed by atoms with Gasteiger partial charge in [0.15, 0.2) is 0 Å². The van der Waals surface area contributed by atoms with Crippen LogP contribution in [0.4, 0.5) is 0 Å². The Balaban J connectivity index is 0.0000422. The molecule has 2 unspecified atom stereocenters. The molecular formula is C62H124ClN3. The summed E-state index contributed by atoms with van der Waals surface area (Å²) in [5.41, 5.74) is 0. The second kappa shape index (κ2) is 50.8. The highest BCUT2D eigenvalue weighted by atomic mass is 35.5. The van der Waals surface area contributed by atoms with E-state index in [0.717, 1.165) is 37.4 Å². The summed E-state index contributed by atoms with van der Waals surface area (Å²) >= 11 is 0. The van der Waals surface area contributed by atoms with Crippen molar-refractivity contribution in [2.45, 2.75) is 357 Å². The SMILES string of the molecule is CCCCCCCCCCCCCCCCCCC(CCCCCCCCCCCCCCCCCC)CCCCC(CCC(C)CCCC(C)C)NCC[n+]1ccn(CCCC)c1C.[Cl-]. The van der Waals surface area contributed by atoms with Crippen LogP contribution in [0.5, 0.6) is 0 Å². The number of aromatic nitrogens is 2. The lowest BCUT2D eigenvalue weighted by Crippen LogP contribution is -3.00. The lowest BCUT2D eigenvalue weighted by molar-refractivity contribution is -0.700. The van der Waals surface area contributed by atoms with Crippen LogP contribution in [0.1, 0.15) is 336 Å². The average Bonchev–Trinajstić information content (AvgIpc) is 3.65. The molecule has 0 aromatic carbocycles. The van der Waals surface area contributed by atoms with Crippen LogP contribution in [0.2, 0.25) is 0 Å². The zero-order valence-electron chi connectivity index (χ0n) is 46.7. The Morgan fingerprint density at radius 1 is 0.424 bits per heavy atom. The van der Waals surface area contributed by atoms with Gasteiger partial charge in [0.2, 0.25) is 0 Å². The number of hydrogen-bond acceptors (Lipinski definition) is 1. The number of nitrogens with one attached hydrogen (secondary N) is 1. The third-order valence-electron chi connectivity index (χ3n) is 15.6. The molecule has 0 aliphatic heterocycles. The van der Waals surface area contributed by atoms with Crippen molar-refractivity contribution in [2.75, 3.05) is 6.54 Å². The molecule has 1 aromatic heterocycles. The first-order chi connectivity index (χ1) is 31.9. The Kier molecular flexibility index (Phi) is 50.4. The van der Waals surface area contributed by atoms with Crippen molar-refractivity contribution in [3.8, 4) is 0 Å². The Labute approximate surface area is 424 Å². The molecule has 2 atom stereocenters. The number of rotatable bonds is 53. The van der Waals surface area contributed by atoms with E-state index in [1.54, 1.807) is 0 Å². The van der Waals surface area contributed by atoms with Gasteiger partial charge in [0.05, 0.1) is 6.54 Å². The summed E-state index contributed by atoms with van der Waals surface area (Å²) in [7, 11) is 0. The van der Waals surface area contributed by atoms with Crippen molar-refractivity contribution >= 4 is 0 Å². The van der Waals surface area contributed by atoms with Gasteiger partial charge < -0.3 is 17.7 Å². The Hall–Kier alpha value is -0.540. The fraction of sp³-hybridized carbons (Fsp3) is 0.952. The van der Waals surface area contributed by atoms with Crippen LogP contribution in [0.3, 0.4) is 0 Å². The molecule has 1 aromatic rings. The van der Waals surface area contributed by atoms with Gasteiger partial charge >= 0.3 is 0 Å². The minimum absolute atomic E-state index is 0. The molecule has 394 valence electrons. The van der Waals surface area contributed by atoms with Crippen LogP contribution in [0, 0.1) is 24.7 Å². The molecule has 4 heteroatoms. The van der Waals surface area contributed by atoms with Gasteiger partial charge in [-0.25, -0.2) is 9.13 Å². The van der Waals surface area contributed by atoms with Crippen LogP contribution >= 0.6 is 0 Å². The molecule has 0 spiro atoms. The van der Waals surface area contributed by atoms with Crippen molar-refractivity contribution in [1.82, 2.24) is 9.88 Å². The first-order valence-electron chi connectivity index (χ1n) is 30.7. The normalized spacial score (nSPS) is 12.7. The first kappa shape index (κ1) is 65.5. The minimum atomic E-state index is 0. The average molecular weight is 947 g/mol. The zero-order valence-corrected chi connectivity index (χ0v) is 47.4. The maximum Gasteiger partial charge on any atom is 0.253 e. The standard InChI is InChI=1S/C62H124N3.ClH/c1-8-11-14-16-18-20-22-24-26-28-30-32-34-36-38-40-47-61(48-41-39-37-35-33-31-29-27-25-23-21-19-17-15-12-9-2)49-42-43-50-62(52-51-59(6)46-44-45-58(4)5)63-53-55-65-57-56-64(60(65)7)54-13-10-3;/h56-59,61-63H,8-55H2,1-7H3;1H/q+1;/p-1. The van der Waals surface area contributed by atoms with E-state index in [4.69, 9.17) is 0 Å². The zero-order chi connectivity index (χ0) is 47.1. The summed E-state index contributed by atoms with van der Waals surface area (Å²) in [6, 6.07) is 0.671. The van der Waals surface area contributed by atoms with Gasteiger partial charge in [0, 0.05) is 19.5 Å². The van der Waals surface area contributed by atoms with Gasteiger partial charge in [-0.3, -0.25) is 0 Å². The molecule has 0 saturated heterocycles. The van der Waals surface area contributed by atoms with E-state index < -0.39 is 0 Å². The van der Waals surface area contributed by atoms with E-state index in [9.17, 15) is 0 Å². The van der Waals surface area contributed by atoms with Crippen LogP contribution in [0.25, 0.3) is 0 Å². The maximum absolute atomic E-state index is 4.11. The quantitative estimate of drug-likeness (QED) is 0.0510. The van der Waals surface area contributed by atoms with Crippen molar-refractivity contribution in [3.63, 3.8) is 0 Å². The second-order valence-corrected chi connectivity index (χ2v) is 22.6. The largest absolute Gasteiger partial charge is 1.00 e. The fourth-order valence-electron chi connectivity index (χ4n) is 10.8. The Morgan fingerprint density at radius 3 is 1.21 bits per heavy atom. The molecule has 1 heterocycles. The fourth-order valence-corrected chi connectivity index (χ4v) is 10.8. The topological polar surface area (TPSA) is 20.8 Å². The molecule has 0 aliphatic rings. The molecule has 0 bridgehead atoms. The van der Waals surface area contributed by atoms with Gasteiger partial charge in [0.25, 0.3) is 5.82 Å². The molecule has 0 aliphatic carbocycles. The molecular weight excluding hydrogens is 822 g/mol. The number of hydrogen-bond donors (Lipinski definition) is 1. The molecule has 1 N–H and O–H groups in total. The monoisotopic (exact) mass is 946 g/mol. The van der Waals surface area contributed by atoms with E-state index >= 15 is 0 Å². The molecule has 66 heavy (non-hydrogen) atoms. The number of halogens is 1. The van der Waals surface area contributed by atoms with Crippen molar-refractivity contribution in [3.05, 3.63) is 18.2 Å². The summed E-state index contributed by atoms with van der Waals surface area (Å²) in [6.07, 6.45) is 69.8. The predicted molar refractivity (Wildman–Crippen MR) is 293 cm³/mol. The first-order valence-corrected chi connectivity index (χ1v) is 30.7. The lowest BCUT2D eigenvalue weighted by atomic mass is 9.88. The summed E-state index contributed by atoms with van der Waals surface area (Å²) in [5.74, 6) is 4.07. The number of aryl methyl sites for hydroxylation is 1. The van der Waals surface area contributed by atoms with Crippen LogP contribution in [-0.2, 0) is 13.1 Å². The van der Waals surface area contributed by atoms with E-state index in [2.05, 4.69) is 75.3 Å². The van der Waals surface area contributed by atoms with Gasteiger partial charge in [-0.1, -0.05) is 305 Å². The predicted octanol–water partition coefficient (Wildman–Crippen LogP) is 17.6. The molecule has 1 rings (SSSR count). The van der Waals surface area contributed by atoms with E-state index in [1.807, 2.05) is 0 Å². The van der Waals surface area contributed by atoms with Crippen molar-refractivity contribution in [2.24, 2.45) is 17.8 Å². The van der Waals surface area contributed by atoms with E-state index in [1.165, 1.54) is 295 Å². The van der Waals surface area contributed by atoms with Crippen molar-refractivity contribution < 1.29 is 17.0 Å². The number of imidazole rings is 1. The molecule has 0 fully saturated rings. The van der Waals surface area contributed by atoms with Crippen LogP contribution < -0.4 is 22.3 Å². The highest BCUT2D eigenvalue weighted by molar-refractivity contribution is 4.80. The van der Waals surface area contributed by atoms with Gasteiger partial charge in [-0.05, 0) is 43.4 Å². The van der Waals surface area contributed by atoms with Crippen LogP contribution in [-0.4, -0.2) is 17.2 Å².